The molecule has 2 rings (SSSR count). The molecule has 2 N–H and O–H groups in total. The topological polar surface area (TPSA) is 86.2 Å². The number of sulfone groups is 1. The Bertz CT molecular complexity index is 736. The first kappa shape index (κ1) is 15.2. The number of aromatic nitrogens is 1. The van der Waals surface area contributed by atoms with Crippen LogP contribution in [-0.4, -0.2) is 19.8 Å². The summed E-state index contributed by atoms with van der Waals surface area (Å²) in [6.07, 6.45) is 1.11. The Hall–Kier alpha value is -1.24. The van der Waals surface area contributed by atoms with Crippen LogP contribution in [0, 0.1) is 0 Å². The molecule has 0 saturated heterocycles. The van der Waals surface area contributed by atoms with Crippen LogP contribution in [0.25, 0.3) is 11.1 Å². The second-order valence-corrected chi connectivity index (χ2v) is 7.56. The molecule has 0 saturated carbocycles. The Morgan fingerprint density at radius 3 is 2.30 bits per heavy atom. The summed E-state index contributed by atoms with van der Waals surface area (Å²) >= 11 is 12.2. The van der Waals surface area contributed by atoms with E-state index in [2.05, 4.69) is 5.16 Å². The average Bonchev–Trinajstić information content (AvgIpc) is 2.69. The van der Waals surface area contributed by atoms with Gasteiger partial charge in [0.25, 0.3) is 0 Å². The van der Waals surface area contributed by atoms with Crippen LogP contribution in [0.4, 0.5) is 5.88 Å². The maximum atomic E-state index is 11.7. The molecule has 108 valence electrons. The number of nitrogen functional groups attached to an aromatic ring is 1. The number of rotatable bonds is 3. The number of nitrogens with zero attached hydrogens (tertiary/aromatic N) is 1. The summed E-state index contributed by atoms with van der Waals surface area (Å²) in [4.78, 5) is 0. The second-order valence-electron chi connectivity index (χ2n) is 4.38. The summed E-state index contributed by atoms with van der Waals surface area (Å²) in [5.74, 6) is -0.0227. The Balaban J connectivity index is 2.73. The van der Waals surface area contributed by atoms with Crippen molar-refractivity contribution >= 4 is 38.9 Å². The Morgan fingerprint density at radius 1 is 1.25 bits per heavy atom. The lowest BCUT2D eigenvalue weighted by atomic mass is 10.0. The van der Waals surface area contributed by atoms with Crippen LogP contribution < -0.4 is 5.73 Å². The van der Waals surface area contributed by atoms with Crippen molar-refractivity contribution in [3.8, 4) is 11.1 Å². The molecule has 2 aromatic rings. The maximum absolute atomic E-state index is 11.7. The van der Waals surface area contributed by atoms with Crippen LogP contribution in [0.3, 0.4) is 0 Å². The number of hydrogen-bond acceptors (Lipinski definition) is 5. The Kier molecular flexibility index (Phi) is 4.00. The third kappa shape index (κ3) is 2.63. The second kappa shape index (κ2) is 5.27. The number of benzene rings is 1. The standard InChI is InChI=1S/C12H12Cl2N2O3S/c1-6(20(2,17)18)11-10(12(15)19-16-11)9-7(13)4-3-5-8(9)14/h3-6H,15H2,1-2H3. The summed E-state index contributed by atoms with van der Waals surface area (Å²) in [6.45, 7) is 1.50. The number of hydrogen-bond donors (Lipinski definition) is 1. The molecule has 0 aliphatic heterocycles. The molecule has 0 aliphatic rings. The van der Waals surface area contributed by atoms with Gasteiger partial charge in [-0.05, 0) is 19.1 Å². The minimum Gasteiger partial charge on any atom is -0.367 e. The highest BCUT2D eigenvalue weighted by atomic mass is 35.5. The molecular formula is C12H12Cl2N2O3S. The molecule has 20 heavy (non-hydrogen) atoms. The molecule has 0 amide bonds. The van der Waals surface area contributed by atoms with Gasteiger partial charge in [-0.25, -0.2) is 8.42 Å². The van der Waals surface area contributed by atoms with Crippen LogP contribution in [0.1, 0.15) is 17.9 Å². The van der Waals surface area contributed by atoms with E-state index in [1.54, 1.807) is 18.2 Å². The molecule has 1 unspecified atom stereocenters. The van der Waals surface area contributed by atoms with E-state index in [1.165, 1.54) is 6.92 Å². The van der Waals surface area contributed by atoms with E-state index in [4.69, 9.17) is 33.5 Å². The molecule has 1 aromatic carbocycles. The van der Waals surface area contributed by atoms with Gasteiger partial charge in [-0.15, -0.1) is 0 Å². The van der Waals surface area contributed by atoms with Gasteiger partial charge in [0.2, 0.25) is 5.88 Å². The molecule has 1 aromatic heterocycles. The monoisotopic (exact) mass is 334 g/mol. The summed E-state index contributed by atoms with van der Waals surface area (Å²) in [5.41, 5.74) is 6.68. The van der Waals surface area contributed by atoms with Crippen LogP contribution in [-0.2, 0) is 9.84 Å². The lowest BCUT2D eigenvalue weighted by molar-refractivity contribution is 0.427. The SMILES string of the molecule is CC(c1noc(N)c1-c1c(Cl)cccc1Cl)S(C)(=O)=O. The number of anilines is 1. The van der Waals surface area contributed by atoms with Gasteiger partial charge in [0.05, 0.1) is 15.6 Å². The van der Waals surface area contributed by atoms with E-state index >= 15 is 0 Å². The smallest absolute Gasteiger partial charge is 0.230 e. The summed E-state index contributed by atoms with van der Waals surface area (Å²) in [6, 6.07) is 4.94. The highest BCUT2D eigenvalue weighted by molar-refractivity contribution is 7.90. The van der Waals surface area contributed by atoms with Crippen molar-refractivity contribution in [3.05, 3.63) is 33.9 Å². The predicted molar refractivity (Wildman–Crippen MR) is 79.6 cm³/mol. The van der Waals surface area contributed by atoms with Gasteiger partial charge in [-0.1, -0.05) is 34.4 Å². The van der Waals surface area contributed by atoms with Crippen molar-refractivity contribution in [3.63, 3.8) is 0 Å². The lowest BCUT2D eigenvalue weighted by Crippen LogP contribution is -2.09. The maximum Gasteiger partial charge on any atom is 0.230 e. The van der Waals surface area contributed by atoms with Crippen molar-refractivity contribution in [1.82, 2.24) is 5.16 Å². The molecular weight excluding hydrogens is 323 g/mol. The minimum absolute atomic E-state index is 0.0227. The first-order valence-electron chi connectivity index (χ1n) is 5.61. The van der Waals surface area contributed by atoms with Crippen molar-refractivity contribution in [1.29, 1.82) is 0 Å². The van der Waals surface area contributed by atoms with E-state index in [0.29, 0.717) is 21.2 Å². The van der Waals surface area contributed by atoms with Gasteiger partial charge in [-0.3, -0.25) is 0 Å². The highest BCUT2D eigenvalue weighted by Gasteiger charge is 2.29. The third-order valence-corrected chi connectivity index (χ3v) is 5.12. The molecule has 0 fully saturated rings. The van der Waals surface area contributed by atoms with Gasteiger partial charge in [0, 0.05) is 11.8 Å². The number of halogens is 2. The molecule has 0 bridgehead atoms. The first-order chi connectivity index (χ1) is 9.23. The fraction of sp³-hybridized carbons (Fsp3) is 0.250. The van der Waals surface area contributed by atoms with Crippen LogP contribution in [0.5, 0.6) is 0 Å². The van der Waals surface area contributed by atoms with Gasteiger partial charge >= 0.3 is 0 Å². The van der Waals surface area contributed by atoms with Crippen molar-refractivity contribution in [2.75, 3.05) is 12.0 Å². The van der Waals surface area contributed by atoms with Crippen molar-refractivity contribution < 1.29 is 12.9 Å². The van der Waals surface area contributed by atoms with Crippen LogP contribution in [0.2, 0.25) is 10.0 Å². The Labute approximate surface area is 126 Å². The van der Waals surface area contributed by atoms with E-state index in [1.807, 2.05) is 0 Å². The molecule has 0 spiro atoms. The van der Waals surface area contributed by atoms with E-state index < -0.39 is 15.1 Å². The van der Waals surface area contributed by atoms with Gasteiger partial charge in [0.15, 0.2) is 9.84 Å². The summed E-state index contributed by atoms with van der Waals surface area (Å²) in [7, 11) is -3.36. The molecule has 0 radical (unpaired) electrons. The normalized spacial score (nSPS) is 13.4. The first-order valence-corrected chi connectivity index (χ1v) is 8.32. The molecule has 1 atom stereocenters. The predicted octanol–water partition coefficient (Wildman–Crippen LogP) is 3.34. The van der Waals surface area contributed by atoms with Gasteiger partial charge < -0.3 is 10.3 Å². The quantitative estimate of drug-likeness (QED) is 0.930. The minimum atomic E-state index is -3.36. The molecule has 8 heteroatoms. The van der Waals surface area contributed by atoms with E-state index in [-0.39, 0.29) is 11.6 Å². The molecule has 5 nitrogen and oxygen atoms in total. The van der Waals surface area contributed by atoms with Crippen LogP contribution >= 0.6 is 23.2 Å². The highest BCUT2D eigenvalue weighted by Crippen LogP contribution is 2.42. The molecule has 1 heterocycles. The summed E-state index contributed by atoms with van der Waals surface area (Å²) < 4.78 is 28.3. The largest absolute Gasteiger partial charge is 0.367 e. The van der Waals surface area contributed by atoms with E-state index in [9.17, 15) is 8.42 Å². The fourth-order valence-corrected chi connectivity index (χ4v) is 2.94. The zero-order chi connectivity index (χ0) is 15.1. The zero-order valence-corrected chi connectivity index (χ0v) is 13.1. The van der Waals surface area contributed by atoms with Gasteiger partial charge in [0.1, 0.15) is 10.9 Å². The zero-order valence-electron chi connectivity index (χ0n) is 10.7. The third-order valence-electron chi connectivity index (χ3n) is 2.98. The number of nitrogens with two attached hydrogens (primary N) is 1. The average molecular weight is 335 g/mol. The van der Waals surface area contributed by atoms with Crippen LogP contribution in [0.15, 0.2) is 22.7 Å². The van der Waals surface area contributed by atoms with Crippen molar-refractivity contribution in [2.24, 2.45) is 0 Å². The molecule has 0 aliphatic carbocycles. The lowest BCUT2D eigenvalue weighted by Gasteiger charge is -2.11. The summed E-state index contributed by atoms with van der Waals surface area (Å²) in [5, 5.41) is 3.54. The fourth-order valence-electron chi connectivity index (χ4n) is 1.78. The van der Waals surface area contributed by atoms with Gasteiger partial charge in [-0.2, -0.15) is 0 Å². The Morgan fingerprint density at radius 2 is 1.80 bits per heavy atom. The van der Waals surface area contributed by atoms with Crippen molar-refractivity contribution in [2.45, 2.75) is 12.2 Å². The van der Waals surface area contributed by atoms with E-state index in [0.717, 1.165) is 6.26 Å².